The Hall–Kier alpha value is -3.07. The van der Waals surface area contributed by atoms with Crippen LogP contribution in [0.4, 0.5) is 5.69 Å². The van der Waals surface area contributed by atoms with Crippen LogP contribution in [0.2, 0.25) is 5.02 Å². The third-order valence-electron chi connectivity index (χ3n) is 6.06. The summed E-state index contributed by atoms with van der Waals surface area (Å²) in [5.41, 5.74) is 3.13. The molecule has 1 heterocycles. The lowest BCUT2D eigenvalue weighted by Gasteiger charge is -2.35. The number of ether oxygens (including phenoxy) is 1. The second-order valence-electron chi connectivity index (χ2n) is 8.51. The predicted octanol–water partition coefficient (Wildman–Crippen LogP) is 4.42. The van der Waals surface area contributed by atoms with E-state index in [4.69, 9.17) is 16.3 Å². The number of amides is 1. The first-order valence-corrected chi connectivity index (χ1v) is 13.1. The molecule has 9 heteroatoms. The number of benzene rings is 3. The Morgan fingerprint density at radius 2 is 1.63 bits per heavy atom. The minimum atomic E-state index is -3.68. The van der Waals surface area contributed by atoms with Crippen molar-refractivity contribution in [3.8, 4) is 5.75 Å². The number of halogens is 1. The van der Waals surface area contributed by atoms with Crippen molar-refractivity contribution >= 4 is 33.2 Å². The van der Waals surface area contributed by atoms with Crippen molar-refractivity contribution in [3.05, 3.63) is 88.4 Å². The van der Waals surface area contributed by atoms with Gasteiger partial charge in [0, 0.05) is 49.0 Å². The number of carbonyl (C=O) groups is 1. The number of nitrogens with one attached hydrogen (secondary N) is 1. The van der Waals surface area contributed by atoms with E-state index in [1.54, 1.807) is 30.3 Å². The molecule has 0 spiro atoms. The van der Waals surface area contributed by atoms with Gasteiger partial charge in [-0.3, -0.25) is 14.4 Å². The SMILES string of the molecule is COc1ccc(S(=O)(=O)Nc2ccc(CN3CCN(C(=O)c4ccc(C)c(Cl)c4)CC3)cc2)cc1. The molecule has 0 atom stereocenters. The van der Waals surface area contributed by atoms with Gasteiger partial charge >= 0.3 is 0 Å². The van der Waals surface area contributed by atoms with Crippen molar-refractivity contribution < 1.29 is 17.9 Å². The van der Waals surface area contributed by atoms with Gasteiger partial charge in [0.15, 0.2) is 0 Å². The molecular weight excluding hydrogens is 486 g/mol. The van der Waals surface area contributed by atoms with Crippen LogP contribution in [0.25, 0.3) is 0 Å². The van der Waals surface area contributed by atoms with E-state index in [9.17, 15) is 13.2 Å². The molecule has 0 unspecified atom stereocenters. The van der Waals surface area contributed by atoms with Crippen LogP contribution < -0.4 is 9.46 Å². The van der Waals surface area contributed by atoms with E-state index in [1.807, 2.05) is 36.1 Å². The molecule has 184 valence electrons. The van der Waals surface area contributed by atoms with Crippen LogP contribution in [0.1, 0.15) is 21.5 Å². The highest BCUT2D eigenvalue weighted by Gasteiger charge is 2.22. The number of sulfonamides is 1. The summed E-state index contributed by atoms with van der Waals surface area (Å²) in [5, 5.41) is 0.601. The summed E-state index contributed by atoms with van der Waals surface area (Å²) in [6.45, 7) is 5.45. The van der Waals surface area contributed by atoms with Crippen molar-refractivity contribution in [3.63, 3.8) is 0 Å². The van der Waals surface area contributed by atoms with Crippen molar-refractivity contribution in [2.45, 2.75) is 18.4 Å². The van der Waals surface area contributed by atoms with Crippen LogP contribution in [0.3, 0.4) is 0 Å². The van der Waals surface area contributed by atoms with E-state index in [1.165, 1.54) is 19.2 Å². The average molecular weight is 514 g/mol. The molecule has 3 aromatic carbocycles. The fourth-order valence-corrected chi connectivity index (χ4v) is 5.16. The summed E-state index contributed by atoms with van der Waals surface area (Å²) >= 11 is 6.18. The first kappa shape index (κ1) is 25.0. The molecular formula is C26H28ClN3O4S. The molecule has 1 fully saturated rings. The Morgan fingerprint density at radius 3 is 2.23 bits per heavy atom. The van der Waals surface area contributed by atoms with Gasteiger partial charge in [0.25, 0.3) is 15.9 Å². The highest BCUT2D eigenvalue weighted by molar-refractivity contribution is 7.92. The summed E-state index contributed by atoms with van der Waals surface area (Å²) in [4.78, 5) is 17.1. The smallest absolute Gasteiger partial charge is 0.261 e. The third-order valence-corrected chi connectivity index (χ3v) is 7.86. The Bertz CT molecular complexity index is 1290. The highest BCUT2D eigenvalue weighted by Crippen LogP contribution is 2.21. The van der Waals surface area contributed by atoms with Gasteiger partial charge < -0.3 is 9.64 Å². The summed E-state index contributed by atoms with van der Waals surface area (Å²) in [5.74, 6) is 0.595. The van der Waals surface area contributed by atoms with Crippen molar-refractivity contribution in [1.82, 2.24) is 9.80 Å². The van der Waals surface area contributed by atoms with Gasteiger partial charge in [-0.25, -0.2) is 8.42 Å². The van der Waals surface area contributed by atoms with Gasteiger partial charge in [-0.15, -0.1) is 0 Å². The lowest BCUT2D eigenvalue weighted by atomic mass is 10.1. The molecule has 0 radical (unpaired) electrons. The van der Waals surface area contributed by atoms with Crippen LogP contribution in [0.15, 0.2) is 71.6 Å². The van der Waals surface area contributed by atoms with E-state index >= 15 is 0 Å². The monoisotopic (exact) mass is 513 g/mol. The second kappa shape index (κ2) is 10.7. The highest BCUT2D eigenvalue weighted by atomic mass is 35.5. The van der Waals surface area contributed by atoms with Gasteiger partial charge in [-0.1, -0.05) is 29.8 Å². The number of aryl methyl sites for hydroxylation is 1. The average Bonchev–Trinajstić information content (AvgIpc) is 2.87. The molecule has 0 aromatic heterocycles. The van der Waals surface area contributed by atoms with Gasteiger partial charge in [0.1, 0.15) is 5.75 Å². The Morgan fingerprint density at radius 1 is 0.971 bits per heavy atom. The number of nitrogens with zero attached hydrogens (tertiary/aromatic N) is 2. The number of rotatable bonds is 7. The topological polar surface area (TPSA) is 79.0 Å². The molecule has 1 amide bonds. The zero-order valence-corrected chi connectivity index (χ0v) is 21.3. The number of anilines is 1. The van der Waals surface area contributed by atoms with Gasteiger partial charge in [-0.2, -0.15) is 0 Å². The first-order valence-electron chi connectivity index (χ1n) is 11.3. The molecule has 1 saturated heterocycles. The molecule has 4 rings (SSSR count). The van der Waals surface area contributed by atoms with Gasteiger partial charge in [-0.05, 0) is 66.6 Å². The maximum absolute atomic E-state index is 12.8. The lowest BCUT2D eigenvalue weighted by Crippen LogP contribution is -2.48. The first-order chi connectivity index (χ1) is 16.7. The van der Waals surface area contributed by atoms with Crippen LogP contribution >= 0.6 is 11.6 Å². The van der Waals surface area contributed by atoms with Gasteiger partial charge in [0.05, 0.1) is 12.0 Å². The van der Waals surface area contributed by atoms with Crippen molar-refractivity contribution in [2.75, 3.05) is 38.0 Å². The van der Waals surface area contributed by atoms with E-state index in [-0.39, 0.29) is 10.8 Å². The zero-order chi connectivity index (χ0) is 25.0. The zero-order valence-electron chi connectivity index (χ0n) is 19.7. The van der Waals surface area contributed by atoms with Crippen LogP contribution in [-0.4, -0.2) is 57.4 Å². The molecule has 1 aliphatic heterocycles. The summed E-state index contributed by atoms with van der Waals surface area (Å²) in [6, 6.07) is 19.0. The van der Waals surface area contributed by atoms with E-state index < -0.39 is 10.0 Å². The number of piperazine rings is 1. The lowest BCUT2D eigenvalue weighted by molar-refractivity contribution is 0.0628. The molecule has 0 aliphatic carbocycles. The molecule has 1 aliphatic rings. The molecule has 3 aromatic rings. The third kappa shape index (κ3) is 6.14. The molecule has 0 saturated carbocycles. The summed E-state index contributed by atoms with van der Waals surface area (Å²) in [6.07, 6.45) is 0. The maximum Gasteiger partial charge on any atom is 0.261 e. The summed E-state index contributed by atoms with van der Waals surface area (Å²) in [7, 11) is -2.15. The molecule has 35 heavy (non-hydrogen) atoms. The fraction of sp³-hybridized carbons (Fsp3) is 0.269. The Kier molecular flexibility index (Phi) is 7.64. The van der Waals surface area contributed by atoms with E-state index in [0.29, 0.717) is 35.1 Å². The number of hydrogen-bond donors (Lipinski definition) is 1. The van der Waals surface area contributed by atoms with Crippen molar-refractivity contribution in [1.29, 1.82) is 0 Å². The minimum Gasteiger partial charge on any atom is -0.497 e. The van der Waals surface area contributed by atoms with E-state index in [0.717, 1.165) is 30.8 Å². The standard InChI is InChI=1S/C26H28ClN3O4S/c1-19-3-6-21(17-25(19)27)26(31)30-15-13-29(14-16-30)18-20-4-7-22(8-5-20)28-35(32,33)24-11-9-23(34-2)10-12-24/h3-12,17,28H,13-16,18H2,1-2H3. The molecule has 0 bridgehead atoms. The normalized spacial score (nSPS) is 14.5. The van der Waals surface area contributed by atoms with Crippen molar-refractivity contribution in [2.24, 2.45) is 0 Å². The Balaban J connectivity index is 1.30. The quantitative estimate of drug-likeness (QED) is 0.506. The minimum absolute atomic E-state index is 0.0000432. The second-order valence-corrected chi connectivity index (χ2v) is 10.6. The maximum atomic E-state index is 12.8. The number of carbonyl (C=O) groups excluding carboxylic acids is 1. The predicted molar refractivity (Wildman–Crippen MR) is 138 cm³/mol. The number of hydrogen-bond acceptors (Lipinski definition) is 5. The van der Waals surface area contributed by atoms with Gasteiger partial charge in [0.2, 0.25) is 0 Å². The molecule has 1 N–H and O–H groups in total. The fourth-order valence-electron chi connectivity index (χ4n) is 3.92. The van der Waals surface area contributed by atoms with Crippen LogP contribution in [0, 0.1) is 6.92 Å². The van der Waals surface area contributed by atoms with Crippen LogP contribution in [-0.2, 0) is 16.6 Å². The Labute approximate surface area is 211 Å². The summed E-state index contributed by atoms with van der Waals surface area (Å²) < 4.78 is 32.9. The van der Waals surface area contributed by atoms with E-state index in [2.05, 4.69) is 9.62 Å². The largest absolute Gasteiger partial charge is 0.497 e. The number of methoxy groups -OCH3 is 1. The molecule has 7 nitrogen and oxygen atoms in total. The van der Waals surface area contributed by atoms with Crippen LogP contribution in [0.5, 0.6) is 5.75 Å².